The first-order valence-electron chi connectivity index (χ1n) is 10.9. The molecule has 3 N–H and O–H groups in total. The zero-order valence-electron chi connectivity index (χ0n) is 16.8. The van der Waals surface area contributed by atoms with E-state index in [1.165, 1.54) is 0 Å². The van der Waals surface area contributed by atoms with E-state index in [9.17, 15) is 15.3 Å². The third-order valence-electron chi connectivity index (χ3n) is 8.95. The van der Waals surface area contributed by atoms with E-state index in [0.717, 1.165) is 50.5 Å². The maximum Gasteiger partial charge on any atom is 0.0937 e. The van der Waals surface area contributed by atoms with Gasteiger partial charge in [0.05, 0.1) is 24.7 Å². The third kappa shape index (κ3) is 3.08. The minimum Gasteiger partial charge on any atom is -0.472 e. The Kier molecular flexibility index (Phi) is 5.19. The average Bonchev–Trinajstić information content (AvgIpc) is 3.17. The largest absolute Gasteiger partial charge is 0.472 e. The molecule has 1 aromatic heterocycles. The topological polar surface area (TPSA) is 73.8 Å². The van der Waals surface area contributed by atoms with Gasteiger partial charge in [-0.1, -0.05) is 13.8 Å². The smallest absolute Gasteiger partial charge is 0.0937 e. The van der Waals surface area contributed by atoms with Gasteiger partial charge in [-0.3, -0.25) is 0 Å². The lowest BCUT2D eigenvalue weighted by Gasteiger charge is -2.61. The Morgan fingerprint density at radius 3 is 2.67 bits per heavy atom. The summed E-state index contributed by atoms with van der Waals surface area (Å²) >= 11 is 0. The van der Waals surface area contributed by atoms with E-state index in [0.29, 0.717) is 24.2 Å². The lowest BCUT2D eigenvalue weighted by atomic mass is 9.45. The number of rotatable bonds is 4. The molecule has 152 valence electrons. The molecule has 3 saturated carbocycles. The molecule has 4 heteroatoms. The van der Waals surface area contributed by atoms with Gasteiger partial charge in [0, 0.05) is 12.0 Å². The summed E-state index contributed by atoms with van der Waals surface area (Å²) in [5.41, 5.74) is 1.13. The Hall–Kier alpha value is -0.840. The monoisotopic (exact) mass is 376 g/mol. The van der Waals surface area contributed by atoms with Gasteiger partial charge in [0.15, 0.2) is 0 Å². The second-order valence-electron chi connectivity index (χ2n) is 10.1. The molecule has 27 heavy (non-hydrogen) atoms. The first-order chi connectivity index (χ1) is 12.9. The maximum absolute atomic E-state index is 11.6. The van der Waals surface area contributed by atoms with Crippen LogP contribution in [0.25, 0.3) is 0 Å². The lowest BCUT2D eigenvalue weighted by molar-refractivity contribution is -0.162. The Bertz CT molecular complexity index is 628. The lowest BCUT2D eigenvalue weighted by Crippen LogP contribution is -2.57. The molecule has 4 nitrogen and oxygen atoms in total. The van der Waals surface area contributed by atoms with E-state index in [-0.39, 0.29) is 35.6 Å². The number of fused-ring (bicyclic) bond motifs is 3. The number of aliphatic hydroxyl groups is 3. The van der Waals surface area contributed by atoms with E-state index in [1.807, 2.05) is 6.07 Å². The van der Waals surface area contributed by atoms with Crippen LogP contribution < -0.4 is 0 Å². The SMILES string of the molecule is C[C@]12CC[C@H](O)C[C@H]1CC[C@@H]1[C@@H]2CC[C@](C)(C(CCO)c2ccoc2)[C@H]1O. The van der Waals surface area contributed by atoms with Crippen molar-refractivity contribution in [2.75, 3.05) is 6.61 Å². The van der Waals surface area contributed by atoms with Crippen LogP contribution in [0.15, 0.2) is 23.0 Å². The van der Waals surface area contributed by atoms with Crippen LogP contribution in [0.2, 0.25) is 0 Å². The van der Waals surface area contributed by atoms with Crippen molar-refractivity contribution in [3.8, 4) is 0 Å². The standard InChI is InChI=1S/C23H36O4/c1-22-9-5-17(25)13-16(22)3-4-18-20(22)6-10-23(2,21(18)26)19(7-11-24)15-8-12-27-14-15/h8,12,14,16-21,24-26H,3-7,9-11,13H2,1-2H3/t16-,17+,18-,19?,20+,21+,22+,23-/m1/s1. The molecule has 0 aliphatic heterocycles. The quantitative estimate of drug-likeness (QED) is 0.740. The highest BCUT2D eigenvalue weighted by molar-refractivity contribution is 5.20. The molecule has 0 radical (unpaired) electrons. The molecule has 1 aromatic rings. The predicted octanol–water partition coefficient (Wildman–Crippen LogP) is 4.10. The van der Waals surface area contributed by atoms with E-state index < -0.39 is 0 Å². The Morgan fingerprint density at radius 2 is 1.96 bits per heavy atom. The van der Waals surface area contributed by atoms with Gasteiger partial charge in [0.1, 0.15) is 0 Å². The first-order valence-corrected chi connectivity index (χ1v) is 10.9. The van der Waals surface area contributed by atoms with Crippen LogP contribution in [0.4, 0.5) is 0 Å². The predicted molar refractivity (Wildman–Crippen MR) is 104 cm³/mol. The van der Waals surface area contributed by atoms with Gasteiger partial charge in [-0.2, -0.15) is 0 Å². The molecule has 3 aliphatic carbocycles. The minimum absolute atomic E-state index is 0.121. The molecular weight excluding hydrogens is 340 g/mol. The second kappa shape index (κ2) is 7.20. The molecule has 0 amide bonds. The van der Waals surface area contributed by atoms with Gasteiger partial charge in [0.25, 0.3) is 0 Å². The molecule has 0 aromatic carbocycles. The van der Waals surface area contributed by atoms with Crippen LogP contribution in [-0.4, -0.2) is 34.1 Å². The zero-order chi connectivity index (χ0) is 19.2. The summed E-state index contributed by atoms with van der Waals surface area (Å²) in [5, 5.41) is 31.4. The fraction of sp³-hybridized carbons (Fsp3) is 0.826. The fourth-order valence-electron chi connectivity index (χ4n) is 7.30. The van der Waals surface area contributed by atoms with Crippen molar-refractivity contribution >= 4 is 0 Å². The van der Waals surface area contributed by atoms with E-state index >= 15 is 0 Å². The van der Waals surface area contributed by atoms with Crippen LogP contribution in [0.3, 0.4) is 0 Å². The Labute approximate surface area is 163 Å². The van der Waals surface area contributed by atoms with Crippen molar-refractivity contribution in [1.29, 1.82) is 0 Å². The Morgan fingerprint density at radius 1 is 1.15 bits per heavy atom. The zero-order valence-corrected chi connectivity index (χ0v) is 16.8. The fourth-order valence-corrected chi connectivity index (χ4v) is 7.30. The molecule has 0 spiro atoms. The summed E-state index contributed by atoms with van der Waals surface area (Å²) < 4.78 is 5.33. The highest BCUT2D eigenvalue weighted by Gasteiger charge is 2.58. The Balaban J connectivity index is 1.60. The molecule has 8 atom stereocenters. The number of furan rings is 1. The second-order valence-corrected chi connectivity index (χ2v) is 10.1. The third-order valence-corrected chi connectivity index (χ3v) is 8.95. The summed E-state index contributed by atoms with van der Waals surface area (Å²) in [4.78, 5) is 0. The van der Waals surface area contributed by atoms with Crippen LogP contribution in [-0.2, 0) is 0 Å². The van der Waals surface area contributed by atoms with Crippen molar-refractivity contribution in [3.05, 3.63) is 24.2 Å². The molecule has 0 bridgehead atoms. The van der Waals surface area contributed by atoms with Gasteiger partial charge in [0.2, 0.25) is 0 Å². The number of hydrogen-bond donors (Lipinski definition) is 3. The summed E-state index contributed by atoms with van der Waals surface area (Å²) in [6, 6.07) is 1.99. The summed E-state index contributed by atoms with van der Waals surface area (Å²) in [7, 11) is 0. The first kappa shape index (κ1) is 19.5. The van der Waals surface area contributed by atoms with Gasteiger partial charge in [-0.25, -0.2) is 0 Å². The van der Waals surface area contributed by atoms with E-state index in [4.69, 9.17) is 4.42 Å². The van der Waals surface area contributed by atoms with Crippen LogP contribution in [0.1, 0.15) is 76.7 Å². The van der Waals surface area contributed by atoms with Crippen molar-refractivity contribution in [1.82, 2.24) is 0 Å². The molecule has 3 aliphatic rings. The van der Waals surface area contributed by atoms with Crippen LogP contribution in [0, 0.1) is 28.6 Å². The maximum atomic E-state index is 11.6. The van der Waals surface area contributed by atoms with Gasteiger partial charge in [-0.05, 0) is 92.1 Å². The van der Waals surface area contributed by atoms with Crippen molar-refractivity contribution in [2.24, 2.45) is 28.6 Å². The van der Waals surface area contributed by atoms with E-state index in [1.54, 1.807) is 12.5 Å². The summed E-state index contributed by atoms with van der Waals surface area (Å²) in [5.74, 6) is 1.59. The summed E-state index contributed by atoms with van der Waals surface area (Å²) in [6.07, 6.45) is 10.9. The molecule has 0 saturated heterocycles. The normalized spacial score (nSPS) is 45.7. The molecule has 1 heterocycles. The van der Waals surface area contributed by atoms with Gasteiger partial charge < -0.3 is 19.7 Å². The van der Waals surface area contributed by atoms with Gasteiger partial charge >= 0.3 is 0 Å². The molecule has 3 fully saturated rings. The van der Waals surface area contributed by atoms with Crippen molar-refractivity contribution in [3.63, 3.8) is 0 Å². The molecule has 1 unspecified atom stereocenters. The number of aliphatic hydroxyl groups excluding tert-OH is 3. The average molecular weight is 377 g/mol. The van der Waals surface area contributed by atoms with Crippen molar-refractivity contribution in [2.45, 2.75) is 83.3 Å². The highest BCUT2D eigenvalue weighted by Crippen LogP contribution is 2.63. The molecular formula is C23H36O4. The van der Waals surface area contributed by atoms with E-state index in [2.05, 4.69) is 13.8 Å². The van der Waals surface area contributed by atoms with Crippen LogP contribution >= 0.6 is 0 Å². The minimum atomic E-state index is -0.354. The van der Waals surface area contributed by atoms with Crippen molar-refractivity contribution < 1.29 is 19.7 Å². The number of hydrogen-bond acceptors (Lipinski definition) is 4. The highest BCUT2D eigenvalue weighted by atomic mass is 16.3. The summed E-state index contributed by atoms with van der Waals surface area (Å²) in [6.45, 7) is 4.78. The van der Waals surface area contributed by atoms with Crippen LogP contribution in [0.5, 0.6) is 0 Å². The van der Waals surface area contributed by atoms with Gasteiger partial charge in [-0.15, -0.1) is 0 Å². The molecule has 4 rings (SSSR count).